The second kappa shape index (κ2) is 4.96. The molecule has 0 amide bonds. The summed E-state index contributed by atoms with van der Waals surface area (Å²) in [6.45, 7) is 4.91. The van der Waals surface area contributed by atoms with Crippen LogP contribution in [0.15, 0.2) is 18.2 Å². The third-order valence-corrected chi connectivity index (χ3v) is 3.54. The summed E-state index contributed by atoms with van der Waals surface area (Å²) in [5.41, 5.74) is 1.84. The summed E-state index contributed by atoms with van der Waals surface area (Å²) in [6.07, 6.45) is 3.75. The van der Waals surface area contributed by atoms with Crippen molar-refractivity contribution in [1.29, 1.82) is 0 Å². The molecule has 1 nitrogen and oxygen atoms in total. The monoisotopic (exact) mass is 221 g/mol. The molecule has 0 aliphatic heterocycles. The Balaban J connectivity index is 2.23. The minimum Gasteiger partial charge on any atom is -0.310 e. The first-order valence-corrected chi connectivity index (χ1v) is 6.21. The van der Waals surface area contributed by atoms with Crippen molar-refractivity contribution in [3.05, 3.63) is 35.1 Å². The minimum atomic E-state index is -0.0575. The molecular weight excluding hydrogens is 201 g/mol. The number of hydrogen-bond acceptors (Lipinski definition) is 1. The largest absolute Gasteiger partial charge is 0.310 e. The van der Waals surface area contributed by atoms with Crippen molar-refractivity contribution in [2.24, 2.45) is 5.92 Å². The molecule has 0 heterocycles. The Labute approximate surface area is 97.1 Å². The zero-order valence-corrected chi connectivity index (χ0v) is 10.1. The van der Waals surface area contributed by atoms with E-state index in [1.165, 1.54) is 19.3 Å². The van der Waals surface area contributed by atoms with Crippen molar-refractivity contribution in [2.45, 2.75) is 39.2 Å². The first-order valence-electron chi connectivity index (χ1n) is 6.21. The summed E-state index contributed by atoms with van der Waals surface area (Å²) in [5.74, 6) is 0.565. The van der Waals surface area contributed by atoms with Gasteiger partial charge in [-0.2, -0.15) is 0 Å². The van der Waals surface area contributed by atoms with Crippen molar-refractivity contribution >= 4 is 0 Å². The van der Waals surface area contributed by atoms with Crippen LogP contribution in [0, 0.1) is 18.7 Å². The van der Waals surface area contributed by atoms with E-state index in [0.29, 0.717) is 5.92 Å². The summed E-state index contributed by atoms with van der Waals surface area (Å²) >= 11 is 0. The molecule has 1 aromatic carbocycles. The van der Waals surface area contributed by atoms with Gasteiger partial charge in [0.15, 0.2) is 0 Å². The van der Waals surface area contributed by atoms with Crippen molar-refractivity contribution in [1.82, 2.24) is 5.32 Å². The molecule has 1 atom stereocenters. The zero-order chi connectivity index (χ0) is 11.5. The van der Waals surface area contributed by atoms with Crippen molar-refractivity contribution in [3.8, 4) is 0 Å². The smallest absolute Gasteiger partial charge is 0.128 e. The summed E-state index contributed by atoms with van der Waals surface area (Å²) in [5, 5.41) is 3.42. The number of rotatable bonds is 4. The Morgan fingerprint density at radius 3 is 2.69 bits per heavy atom. The second-order valence-electron chi connectivity index (χ2n) is 4.75. The van der Waals surface area contributed by atoms with E-state index in [1.54, 1.807) is 6.07 Å². The number of nitrogens with one attached hydrogen (secondary N) is 1. The van der Waals surface area contributed by atoms with Gasteiger partial charge in [0.25, 0.3) is 0 Å². The van der Waals surface area contributed by atoms with Crippen LogP contribution in [0.2, 0.25) is 0 Å². The standard InChI is InChI=1S/C14H20FN/c1-3-16-14(11-5-4-6-11)12-8-7-10(2)9-13(12)15/h7-9,11,14,16H,3-6H2,1-2H3. The van der Waals surface area contributed by atoms with Crippen LogP contribution >= 0.6 is 0 Å². The molecule has 1 N–H and O–H groups in total. The van der Waals surface area contributed by atoms with Crippen LogP contribution in [-0.4, -0.2) is 6.54 Å². The van der Waals surface area contributed by atoms with Crippen LogP contribution in [0.3, 0.4) is 0 Å². The number of halogens is 1. The molecular formula is C14H20FN. The fourth-order valence-electron chi connectivity index (χ4n) is 2.41. The fourth-order valence-corrected chi connectivity index (χ4v) is 2.41. The highest BCUT2D eigenvalue weighted by Gasteiger charge is 2.29. The fraction of sp³-hybridized carbons (Fsp3) is 0.571. The minimum absolute atomic E-state index is 0.0575. The molecule has 1 aliphatic rings. The molecule has 1 unspecified atom stereocenters. The molecule has 1 saturated carbocycles. The van der Waals surface area contributed by atoms with Gasteiger partial charge in [-0.1, -0.05) is 25.5 Å². The Morgan fingerprint density at radius 2 is 2.19 bits per heavy atom. The summed E-state index contributed by atoms with van der Waals surface area (Å²) in [4.78, 5) is 0. The molecule has 0 radical (unpaired) electrons. The molecule has 1 aromatic rings. The van der Waals surface area contributed by atoms with Crippen molar-refractivity contribution < 1.29 is 4.39 Å². The normalized spacial score (nSPS) is 18.2. The van der Waals surface area contributed by atoms with Gasteiger partial charge in [0.2, 0.25) is 0 Å². The first-order chi connectivity index (χ1) is 7.72. The van der Waals surface area contributed by atoms with E-state index in [-0.39, 0.29) is 11.9 Å². The predicted molar refractivity (Wildman–Crippen MR) is 64.9 cm³/mol. The van der Waals surface area contributed by atoms with Gasteiger partial charge in [-0.05, 0) is 43.9 Å². The van der Waals surface area contributed by atoms with Gasteiger partial charge in [-0.3, -0.25) is 0 Å². The van der Waals surface area contributed by atoms with E-state index < -0.39 is 0 Å². The molecule has 0 saturated heterocycles. The molecule has 1 fully saturated rings. The van der Waals surface area contributed by atoms with Gasteiger partial charge >= 0.3 is 0 Å². The maximum Gasteiger partial charge on any atom is 0.128 e. The van der Waals surface area contributed by atoms with Gasteiger partial charge < -0.3 is 5.32 Å². The summed E-state index contributed by atoms with van der Waals surface area (Å²) in [7, 11) is 0. The van der Waals surface area contributed by atoms with Crippen LogP contribution in [-0.2, 0) is 0 Å². The topological polar surface area (TPSA) is 12.0 Å². The average molecular weight is 221 g/mol. The number of aryl methyl sites for hydroxylation is 1. The highest BCUT2D eigenvalue weighted by atomic mass is 19.1. The van der Waals surface area contributed by atoms with Crippen LogP contribution in [0.1, 0.15) is 43.4 Å². The number of hydrogen-bond donors (Lipinski definition) is 1. The molecule has 0 spiro atoms. The van der Waals surface area contributed by atoms with E-state index in [1.807, 2.05) is 19.1 Å². The zero-order valence-electron chi connectivity index (χ0n) is 10.1. The van der Waals surface area contributed by atoms with Gasteiger partial charge in [-0.25, -0.2) is 4.39 Å². The first kappa shape index (κ1) is 11.6. The maximum atomic E-state index is 13.9. The Hall–Kier alpha value is -0.890. The lowest BCUT2D eigenvalue weighted by Crippen LogP contribution is -2.32. The quantitative estimate of drug-likeness (QED) is 0.819. The van der Waals surface area contributed by atoms with E-state index >= 15 is 0 Å². The van der Waals surface area contributed by atoms with E-state index in [0.717, 1.165) is 17.7 Å². The van der Waals surface area contributed by atoms with Crippen LogP contribution in [0.25, 0.3) is 0 Å². The summed E-state index contributed by atoms with van der Waals surface area (Å²) in [6, 6.07) is 5.79. The van der Waals surface area contributed by atoms with Crippen LogP contribution < -0.4 is 5.32 Å². The summed E-state index contributed by atoms with van der Waals surface area (Å²) < 4.78 is 13.9. The molecule has 16 heavy (non-hydrogen) atoms. The second-order valence-corrected chi connectivity index (χ2v) is 4.75. The lowest BCUT2D eigenvalue weighted by molar-refractivity contribution is 0.229. The highest BCUT2D eigenvalue weighted by Crippen LogP contribution is 2.38. The molecule has 2 rings (SSSR count). The molecule has 1 aliphatic carbocycles. The maximum absolute atomic E-state index is 13.9. The SMILES string of the molecule is CCNC(c1ccc(C)cc1F)C1CCC1. The van der Waals surface area contributed by atoms with Crippen LogP contribution in [0.5, 0.6) is 0 Å². The average Bonchev–Trinajstić information content (AvgIpc) is 2.14. The van der Waals surface area contributed by atoms with Gasteiger partial charge in [0, 0.05) is 11.6 Å². The molecule has 2 heteroatoms. The predicted octanol–water partition coefficient (Wildman–Crippen LogP) is 3.58. The van der Waals surface area contributed by atoms with E-state index in [4.69, 9.17) is 0 Å². The van der Waals surface area contributed by atoms with Crippen molar-refractivity contribution in [3.63, 3.8) is 0 Å². The third kappa shape index (κ3) is 2.27. The number of benzene rings is 1. The Morgan fingerprint density at radius 1 is 1.44 bits per heavy atom. The Bertz CT molecular complexity index is 358. The van der Waals surface area contributed by atoms with E-state index in [9.17, 15) is 4.39 Å². The Kier molecular flexibility index (Phi) is 3.59. The molecule has 0 bridgehead atoms. The van der Waals surface area contributed by atoms with Gasteiger partial charge in [-0.15, -0.1) is 0 Å². The third-order valence-electron chi connectivity index (χ3n) is 3.54. The van der Waals surface area contributed by atoms with Gasteiger partial charge in [0.05, 0.1) is 0 Å². The van der Waals surface area contributed by atoms with E-state index in [2.05, 4.69) is 12.2 Å². The molecule has 88 valence electrons. The van der Waals surface area contributed by atoms with Gasteiger partial charge in [0.1, 0.15) is 5.82 Å². The highest BCUT2D eigenvalue weighted by molar-refractivity contribution is 5.27. The molecule has 0 aromatic heterocycles. The lowest BCUT2D eigenvalue weighted by atomic mass is 9.77. The van der Waals surface area contributed by atoms with Crippen molar-refractivity contribution in [2.75, 3.05) is 6.54 Å². The van der Waals surface area contributed by atoms with Crippen LogP contribution in [0.4, 0.5) is 4.39 Å². The lowest BCUT2D eigenvalue weighted by Gasteiger charge is -2.34.